The molecule has 1 aromatic carbocycles. The van der Waals surface area contributed by atoms with Gasteiger partial charge in [0.1, 0.15) is 0 Å². The van der Waals surface area contributed by atoms with Gasteiger partial charge >= 0.3 is 6.03 Å². The van der Waals surface area contributed by atoms with Crippen LogP contribution in [0.5, 0.6) is 0 Å². The molecule has 0 unspecified atom stereocenters. The van der Waals surface area contributed by atoms with Crippen LogP contribution in [0.2, 0.25) is 0 Å². The van der Waals surface area contributed by atoms with E-state index in [-0.39, 0.29) is 6.03 Å². The summed E-state index contributed by atoms with van der Waals surface area (Å²) < 4.78 is 0. The Labute approximate surface area is 114 Å². The van der Waals surface area contributed by atoms with Gasteiger partial charge in [0.2, 0.25) is 0 Å². The number of aromatic nitrogens is 1. The molecule has 4 nitrogen and oxygen atoms in total. The number of hydrogen-bond acceptors (Lipinski definition) is 4. The van der Waals surface area contributed by atoms with Gasteiger partial charge in [-0.05, 0) is 37.4 Å². The van der Waals surface area contributed by atoms with E-state index in [9.17, 15) is 4.79 Å². The molecular weight excluding hydrogens is 266 g/mol. The summed E-state index contributed by atoms with van der Waals surface area (Å²) in [6.07, 6.45) is 3.74. The molecule has 0 bridgehead atoms. The summed E-state index contributed by atoms with van der Waals surface area (Å²) in [7, 11) is 0. The van der Waals surface area contributed by atoms with Gasteiger partial charge in [-0.25, -0.2) is 9.78 Å². The van der Waals surface area contributed by atoms with E-state index in [1.165, 1.54) is 11.3 Å². The van der Waals surface area contributed by atoms with Crippen LogP contribution in [0.3, 0.4) is 0 Å². The smallest absolute Gasteiger partial charge is 0.308 e. The van der Waals surface area contributed by atoms with Crippen LogP contribution >= 0.6 is 23.1 Å². The summed E-state index contributed by atoms with van der Waals surface area (Å²) >= 11 is 3.11. The SMILES string of the molecule is CSc1ccc(NC(=O)Nc2ncc(C)s2)cc1. The molecule has 0 aliphatic rings. The first-order valence-corrected chi connectivity index (χ1v) is 7.36. The van der Waals surface area contributed by atoms with Crippen molar-refractivity contribution in [1.29, 1.82) is 0 Å². The molecule has 1 aromatic heterocycles. The van der Waals surface area contributed by atoms with Gasteiger partial charge < -0.3 is 5.32 Å². The average Bonchev–Trinajstić information content (AvgIpc) is 2.75. The Bertz CT molecular complexity index is 537. The standard InChI is InChI=1S/C12H13N3OS2/c1-8-7-13-12(18-8)15-11(16)14-9-3-5-10(17-2)6-4-9/h3-7H,1-2H3,(H2,13,14,15,16). The Hall–Kier alpha value is -1.53. The van der Waals surface area contributed by atoms with Crippen molar-refractivity contribution in [3.05, 3.63) is 35.3 Å². The number of thioether (sulfide) groups is 1. The van der Waals surface area contributed by atoms with Crippen LogP contribution in [0.4, 0.5) is 15.6 Å². The summed E-state index contributed by atoms with van der Waals surface area (Å²) in [5, 5.41) is 6.05. The molecule has 0 fully saturated rings. The van der Waals surface area contributed by atoms with Crippen molar-refractivity contribution in [2.24, 2.45) is 0 Å². The van der Waals surface area contributed by atoms with Gasteiger partial charge in [0.15, 0.2) is 5.13 Å². The zero-order valence-corrected chi connectivity index (χ0v) is 11.7. The number of urea groups is 1. The summed E-state index contributed by atoms with van der Waals surface area (Å²) in [6.45, 7) is 1.95. The number of anilines is 2. The summed E-state index contributed by atoms with van der Waals surface area (Å²) in [5.41, 5.74) is 0.763. The minimum absolute atomic E-state index is 0.277. The van der Waals surface area contributed by atoms with Gasteiger partial charge in [-0.15, -0.1) is 23.1 Å². The lowest BCUT2D eigenvalue weighted by Gasteiger charge is -2.05. The highest BCUT2D eigenvalue weighted by Crippen LogP contribution is 2.19. The summed E-state index contributed by atoms with van der Waals surface area (Å²) in [6, 6.07) is 7.40. The maximum Gasteiger partial charge on any atom is 0.325 e. The molecule has 0 spiro atoms. The van der Waals surface area contributed by atoms with E-state index in [1.54, 1.807) is 18.0 Å². The number of carbonyl (C=O) groups excluding carboxylic acids is 1. The zero-order valence-electron chi connectivity index (χ0n) is 10.1. The molecule has 18 heavy (non-hydrogen) atoms. The molecule has 1 heterocycles. The highest BCUT2D eigenvalue weighted by atomic mass is 32.2. The largest absolute Gasteiger partial charge is 0.325 e. The average molecular weight is 279 g/mol. The molecule has 0 atom stereocenters. The second-order valence-corrected chi connectivity index (χ2v) is 5.70. The molecule has 6 heteroatoms. The number of carbonyl (C=O) groups is 1. The van der Waals surface area contributed by atoms with Crippen molar-refractivity contribution in [3.63, 3.8) is 0 Å². The van der Waals surface area contributed by atoms with E-state index >= 15 is 0 Å². The monoisotopic (exact) mass is 279 g/mol. The summed E-state index contributed by atoms with van der Waals surface area (Å²) in [4.78, 5) is 18.0. The van der Waals surface area contributed by atoms with Crippen LogP contribution < -0.4 is 10.6 Å². The van der Waals surface area contributed by atoms with Gasteiger partial charge in [-0.3, -0.25) is 5.32 Å². The number of rotatable bonds is 3. The molecule has 0 saturated carbocycles. The molecule has 2 amide bonds. The van der Waals surface area contributed by atoms with Gasteiger partial charge in [0.25, 0.3) is 0 Å². The lowest BCUT2D eigenvalue weighted by molar-refractivity contribution is 0.262. The third-order valence-electron chi connectivity index (χ3n) is 2.19. The Balaban J connectivity index is 1.94. The van der Waals surface area contributed by atoms with Gasteiger partial charge in [0, 0.05) is 21.7 Å². The minimum Gasteiger partial charge on any atom is -0.308 e. The normalized spacial score (nSPS) is 10.1. The molecule has 2 aromatic rings. The number of aryl methyl sites for hydroxylation is 1. The highest BCUT2D eigenvalue weighted by Gasteiger charge is 2.05. The first-order valence-electron chi connectivity index (χ1n) is 5.32. The van der Waals surface area contributed by atoms with E-state index in [0.717, 1.165) is 15.5 Å². The lowest BCUT2D eigenvalue weighted by Crippen LogP contribution is -2.19. The second-order valence-electron chi connectivity index (χ2n) is 3.58. The fraction of sp³-hybridized carbons (Fsp3) is 0.167. The van der Waals surface area contributed by atoms with Crippen LogP contribution in [-0.4, -0.2) is 17.3 Å². The molecule has 0 saturated heterocycles. The predicted molar refractivity (Wildman–Crippen MR) is 77.7 cm³/mol. The van der Waals surface area contributed by atoms with Crippen molar-refractivity contribution in [3.8, 4) is 0 Å². The second kappa shape index (κ2) is 5.88. The third kappa shape index (κ3) is 3.48. The van der Waals surface area contributed by atoms with Gasteiger partial charge in [0.05, 0.1) is 0 Å². The highest BCUT2D eigenvalue weighted by molar-refractivity contribution is 7.98. The first-order chi connectivity index (χ1) is 8.67. The number of benzene rings is 1. The van der Waals surface area contributed by atoms with E-state index in [0.29, 0.717) is 5.13 Å². The van der Waals surface area contributed by atoms with E-state index in [4.69, 9.17) is 0 Å². The zero-order chi connectivity index (χ0) is 13.0. The van der Waals surface area contributed by atoms with E-state index in [1.807, 2.05) is 37.4 Å². The number of nitrogens with zero attached hydrogens (tertiary/aromatic N) is 1. The van der Waals surface area contributed by atoms with Crippen molar-refractivity contribution in [2.45, 2.75) is 11.8 Å². The molecule has 0 aliphatic carbocycles. The Morgan fingerprint density at radius 2 is 2.00 bits per heavy atom. The summed E-state index contributed by atoms with van der Waals surface area (Å²) in [5.74, 6) is 0. The fourth-order valence-electron chi connectivity index (χ4n) is 1.35. The van der Waals surface area contributed by atoms with Gasteiger partial charge in [-0.2, -0.15) is 0 Å². The number of hydrogen-bond donors (Lipinski definition) is 2. The van der Waals surface area contributed by atoms with Crippen LogP contribution in [0.15, 0.2) is 35.4 Å². The molecule has 0 aliphatic heterocycles. The predicted octanol–water partition coefficient (Wildman–Crippen LogP) is 3.82. The Morgan fingerprint density at radius 3 is 2.56 bits per heavy atom. The number of nitrogens with one attached hydrogen (secondary N) is 2. The van der Waals surface area contributed by atoms with Gasteiger partial charge in [-0.1, -0.05) is 0 Å². The maximum absolute atomic E-state index is 11.7. The van der Waals surface area contributed by atoms with Crippen LogP contribution in [0.1, 0.15) is 4.88 Å². The van der Waals surface area contributed by atoms with Crippen LogP contribution in [0.25, 0.3) is 0 Å². The van der Waals surface area contributed by atoms with E-state index in [2.05, 4.69) is 15.6 Å². The van der Waals surface area contributed by atoms with Crippen molar-refractivity contribution in [1.82, 2.24) is 4.98 Å². The lowest BCUT2D eigenvalue weighted by atomic mass is 10.3. The minimum atomic E-state index is -0.277. The maximum atomic E-state index is 11.7. The molecule has 0 radical (unpaired) electrons. The topological polar surface area (TPSA) is 54.0 Å². The van der Waals surface area contributed by atoms with Crippen molar-refractivity contribution >= 4 is 39.9 Å². The van der Waals surface area contributed by atoms with Crippen molar-refractivity contribution in [2.75, 3.05) is 16.9 Å². The fourth-order valence-corrected chi connectivity index (χ4v) is 2.41. The Morgan fingerprint density at radius 1 is 1.28 bits per heavy atom. The quantitative estimate of drug-likeness (QED) is 0.840. The molecule has 94 valence electrons. The first kappa shape index (κ1) is 12.9. The number of amides is 2. The third-order valence-corrected chi connectivity index (χ3v) is 3.76. The molecular formula is C12H13N3OS2. The van der Waals surface area contributed by atoms with E-state index < -0.39 is 0 Å². The molecule has 2 N–H and O–H groups in total. The van der Waals surface area contributed by atoms with Crippen LogP contribution in [-0.2, 0) is 0 Å². The molecule has 2 rings (SSSR count). The Kier molecular flexibility index (Phi) is 4.22. The number of thiazole rings is 1. The van der Waals surface area contributed by atoms with Crippen LogP contribution in [0, 0.1) is 6.92 Å². The van der Waals surface area contributed by atoms with Crippen molar-refractivity contribution < 1.29 is 4.79 Å².